The van der Waals surface area contributed by atoms with Crippen molar-refractivity contribution in [1.29, 1.82) is 0 Å². The molecule has 4 N–H and O–H groups in total. The van der Waals surface area contributed by atoms with Crippen LogP contribution in [0.2, 0.25) is 0 Å². The van der Waals surface area contributed by atoms with Crippen LogP contribution >= 0.6 is 0 Å². The molecule has 0 aromatic heterocycles. The first-order chi connectivity index (χ1) is 6.61. The molecular weight excluding hydrogens is 184 g/mol. The van der Waals surface area contributed by atoms with Gasteiger partial charge in [0, 0.05) is 6.42 Å². The Kier molecular flexibility index (Phi) is 3.58. The maximum atomic E-state index is 10.8. The number of rotatable bonds is 4. The van der Waals surface area contributed by atoms with Crippen molar-refractivity contribution in [2.45, 2.75) is 12.5 Å². The van der Waals surface area contributed by atoms with Crippen LogP contribution in [-0.4, -0.2) is 27.6 Å². The Labute approximate surface area is 81.3 Å². The molecule has 1 aromatic carbocycles. The lowest BCUT2D eigenvalue weighted by atomic mass is 10.1. The van der Waals surface area contributed by atoms with E-state index in [9.17, 15) is 4.79 Å². The second-order valence-electron chi connectivity index (χ2n) is 2.93. The smallest absolute Gasteiger partial charge is 0.240 e. The Morgan fingerprint density at radius 2 is 1.93 bits per heavy atom. The van der Waals surface area contributed by atoms with Crippen molar-refractivity contribution in [3.63, 3.8) is 0 Å². The third-order valence-corrected chi connectivity index (χ3v) is 1.88. The summed E-state index contributed by atoms with van der Waals surface area (Å²) in [5.74, 6) is -0.779. The van der Waals surface area contributed by atoms with E-state index >= 15 is 0 Å². The molecule has 0 heterocycles. The lowest BCUT2D eigenvalue weighted by Crippen LogP contribution is -2.42. The molecule has 76 valence electrons. The van der Waals surface area contributed by atoms with Gasteiger partial charge >= 0.3 is 0 Å². The van der Waals surface area contributed by atoms with E-state index in [1.54, 1.807) is 24.3 Å². The molecule has 1 aromatic rings. The minimum atomic E-state index is -1.11. The summed E-state index contributed by atoms with van der Waals surface area (Å²) < 4.78 is 0. The first-order valence-electron chi connectivity index (χ1n) is 4.11. The first-order valence-corrected chi connectivity index (χ1v) is 4.11. The highest BCUT2D eigenvalue weighted by atomic mass is 16.8. The molecule has 0 aliphatic heterocycles. The molecule has 0 aliphatic carbocycles. The summed E-state index contributed by atoms with van der Waals surface area (Å²) in [6, 6.07) is 7.87. The summed E-state index contributed by atoms with van der Waals surface area (Å²) in [4.78, 5) is 10.8. The molecule has 0 spiro atoms. The number of nitrogens with zero attached hydrogens (tertiary/aromatic N) is 1. The average molecular weight is 196 g/mol. The van der Waals surface area contributed by atoms with Crippen LogP contribution in [0.4, 0.5) is 0 Å². The lowest BCUT2D eigenvalue weighted by Gasteiger charge is -2.16. The zero-order valence-corrected chi connectivity index (χ0v) is 7.50. The largest absolute Gasteiger partial charge is 0.368 e. The molecule has 1 rings (SSSR count). The number of nitrogens with two attached hydrogens (primary N) is 1. The molecule has 1 atom stereocenters. The minimum absolute atomic E-state index is 0.157. The van der Waals surface area contributed by atoms with Gasteiger partial charge in [0.2, 0.25) is 5.91 Å². The van der Waals surface area contributed by atoms with Gasteiger partial charge < -0.3 is 5.73 Å². The average Bonchev–Trinajstić information content (AvgIpc) is 2.15. The molecule has 0 unspecified atom stereocenters. The number of hydrogen-bond acceptors (Lipinski definition) is 4. The van der Waals surface area contributed by atoms with Crippen LogP contribution in [0, 0.1) is 0 Å². The van der Waals surface area contributed by atoms with Gasteiger partial charge in [-0.15, -0.1) is 0 Å². The Balaban J connectivity index is 2.70. The van der Waals surface area contributed by atoms with Gasteiger partial charge in [0.25, 0.3) is 0 Å². The quantitative estimate of drug-likeness (QED) is 0.599. The van der Waals surface area contributed by atoms with Gasteiger partial charge in [-0.3, -0.25) is 15.2 Å². The predicted octanol–water partition coefficient (Wildman–Crippen LogP) is 0.163. The second-order valence-corrected chi connectivity index (χ2v) is 2.93. The standard InChI is InChI=1S/C9H12N2O3/c10-9(12)8(11(13)14)6-7-4-2-1-3-5-7/h1-5,8,13-14H,6H2,(H2,10,12)/t8-/m0/s1. The monoisotopic (exact) mass is 196 g/mol. The summed E-state index contributed by atoms with van der Waals surface area (Å²) in [5.41, 5.74) is 5.79. The fourth-order valence-electron chi connectivity index (χ4n) is 1.13. The van der Waals surface area contributed by atoms with Gasteiger partial charge in [0.1, 0.15) is 6.04 Å². The van der Waals surface area contributed by atoms with Crippen LogP contribution in [0.15, 0.2) is 30.3 Å². The van der Waals surface area contributed by atoms with Crippen molar-refractivity contribution in [3.8, 4) is 0 Å². The molecule has 0 bridgehead atoms. The molecule has 0 fully saturated rings. The van der Waals surface area contributed by atoms with Gasteiger partial charge in [-0.2, -0.15) is 0 Å². The van der Waals surface area contributed by atoms with E-state index in [2.05, 4.69) is 0 Å². The highest BCUT2D eigenvalue weighted by Gasteiger charge is 2.21. The third kappa shape index (κ3) is 2.81. The highest BCUT2D eigenvalue weighted by Crippen LogP contribution is 2.05. The Bertz CT molecular complexity index is 300. The number of hydrogen-bond donors (Lipinski definition) is 3. The van der Waals surface area contributed by atoms with Crippen molar-refractivity contribution in [2.24, 2.45) is 5.73 Å². The van der Waals surface area contributed by atoms with Crippen LogP contribution < -0.4 is 5.73 Å². The fraction of sp³-hybridized carbons (Fsp3) is 0.222. The Morgan fingerprint density at radius 1 is 1.36 bits per heavy atom. The molecule has 1 amide bonds. The van der Waals surface area contributed by atoms with Gasteiger partial charge in [0.05, 0.1) is 0 Å². The number of primary amides is 1. The zero-order valence-electron chi connectivity index (χ0n) is 7.50. The zero-order chi connectivity index (χ0) is 10.6. The van der Waals surface area contributed by atoms with Crippen LogP contribution in [0.5, 0.6) is 0 Å². The molecule has 5 nitrogen and oxygen atoms in total. The molecule has 5 heteroatoms. The van der Waals surface area contributed by atoms with Crippen molar-refractivity contribution >= 4 is 5.91 Å². The lowest BCUT2D eigenvalue weighted by molar-refractivity contribution is -0.324. The van der Waals surface area contributed by atoms with Gasteiger partial charge in [-0.25, -0.2) is 0 Å². The van der Waals surface area contributed by atoms with Crippen LogP contribution in [0.3, 0.4) is 0 Å². The topological polar surface area (TPSA) is 86.8 Å². The van der Waals surface area contributed by atoms with Gasteiger partial charge in [-0.1, -0.05) is 35.6 Å². The summed E-state index contributed by atoms with van der Waals surface area (Å²) >= 11 is 0. The van der Waals surface area contributed by atoms with E-state index in [0.717, 1.165) is 5.56 Å². The molecule has 0 saturated heterocycles. The number of hydroxylamine groups is 2. The molecular formula is C9H12N2O3. The summed E-state index contributed by atoms with van der Waals surface area (Å²) in [6.45, 7) is 0. The normalized spacial score (nSPS) is 12.8. The fourth-order valence-corrected chi connectivity index (χ4v) is 1.13. The van der Waals surface area contributed by atoms with E-state index in [0.29, 0.717) is 0 Å². The summed E-state index contributed by atoms with van der Waals surface area (Å²) in [5, 5.41) is 17.3. The van der Waals surface area contributed by atoms with Crippen LogP contribution in [0.25, 0.3) is 0 Å². The van der Waals surface area contributed by atoms with E-state index in [1.807, 2.05) is 6.07 Å². The van der Waals surface area contributed by atoms with Crippen molar-refractivity contribution < 1.29 is 15.2 Å². The third-order valence-electron chi connectivity index (χ3n) is 1.88. The van der Waals surface area contributed by atoms with Crippen molar-refractivity contribution in [3.05, 3.63) is 35.9 Å². The van der Waals surface area contributed by atoms with E-state index in [1.165, 1.54) is 0 Å². The molecule has 0 saturated carbocycles. The van der Waals surface area contributed by atoms with Crippen molar-refractivity contribution in [2.75, 3.05) is 0 Å². The molecule has 14 heavy (non-hydrogen) atoms. The Morgan fingerprint density at radius 3 is 2.36 bits per heavy atom. The van der Waals surface area contributed by atoms with E-state index in [4.69, 9.17) is 16.1 Å². The van der Waals surface area contributed by atoms with Gasteiger partial charge in [0.15, 0.2) is 0 Å². The number of carbonyl (C=O) groups is 1. The van der Waals surface area contributed by atoms with Crippen molar-refractivity contribution in [1.82, 2.24) is 5.23 Å². The van der Waals surface area contributed by atoms with Crippen LogP contribution in [0.1, 0.15) is 5.56 Å². The molecule has 0 aliphatic rings. The van der Waals surface area contributed by atoms with E-state index in [-0.39, 0.29) is 11.6 Å². The predicted molar refractivity (Wildman–Crippen MR) is 48.5 cm³/mol. The summed E-state index contributed by atoms with van der Waals surface area (Å²) in [7, 11) is 0. The SMILES string of the molecule is NC(=O)[C@H](Cc1ccccc1)N(O)O. The Hall–Kier alpha value is -1.43. The maximum Gasteiger partial charge on any atom is 0.240 e. The first kappa shape index (κ1) is 10.6. The number of amides is 1. The van der Waals surface area contributed by atoms with Crippen LogP contribution in [-0.2, 0) is 11.2 Å². The number of benzene rings is 1. The van der Waals surface area contributed by atoms with Gasteiger partial charge in [-0.05, 0) is 5.56 Å². The maximum absolute atomic E-state index is 10.8. The second kappa shape index (κ2) is 4.71. The molecule has 0 radical (unpaired) electrons. The summed E-state index contributed by atoms with van der Waals surface area (Å²) in [6.07, 6.45) is 0.170. The van der Waals surface area contributed by atoms with E-state index < -0.39 is 11.9 Å². The minimum Gasteiger partial charge on any atom is -0.368 e. The number of carbonyl (C=O) groups excluding carboxylic acids is 1. The highest BCUT2D eigenvalue weighted by molar-refractivity contribution is 5.79.